The lowest BCUT2D eigenvalue weighted by Gasteiger charge is -2.18. The SMILES string of the molecule is Cc1ccc(CCC(=O)NCC(=O)N2CCC(F)(C(=O)O)C2)cc1. The fourth-order valence-electron chi connectivity index (χ4n) is 2.55. The smallest absolute Gasteiger partial charge is 0.343 e. The van der Waals surface area contributed by atoms with Gasteiger partial charge in [-0.05, 0) is 18.9 Å². The molecule has 0 bridgehead atoms. The number of benzene rings is 1. The molecule has 2 N–H and O–H groups in total. The van der Waals surface area contributed by atoms with Gasteiger partial charge >= 0.3 is 5.97 Å². The van der Waals surface area contributed by atoms with E-state index in [4.69, 9.17) is 5.11 Å². The largest absolute Gasteiger partial charge is 0.479 e. The Morgan fingerprint density at radius 2 is 1.96 bits per heavy atom. The molecule has 6 nitrogen and oxygen atoms in total. The highest BCUT2D eigenvalue weighted by Gasteiger charge is 2.46. The first kappa shape index (κ1) is 17.9. The number of aliphatic carboxylic acids is 1. The maximum absolute atomic E-state index is 13.9. The van der Waals surface area contributed by atoms with Crippen molar-refractivity contribution >= 4 is 17.8 Å². The average molecular weight is 336 g/mol. The van der Waals surface area contributed by atoms with Crippen molar-refractivity contribution < 1.29 is 23.9 Å². The molecule has 0 saturated carbocycles. The van der Waals surface area contributed by atoms with Crippen molar-refractivity contribution in [1.29, 1.82) is 0 Å². The van der Waals surface area contributed by atoms with Crippen LogP contribution in [0.3, 0.4) is 0 Å². The zero-order valence-corrected chi connectivity index (χ0v) is 13.5. The first-order chi connectivity index (χ1) is 11.3. The van der Waals surface area contributed by atoms with Gasteiger partial charge in [0.2, 0.25) is 17.5 Å². The minimum atomic E-state index is -2.38. The van der Waals surface area contributed by atoms with Gasteiger partial charge in [-0.25, -0.2) is 9.18 Å². The third kappa shape index (κ3) is 4.53. The maximum Gasteiger partial charge on any atom is 0.343 e. The Hall–Kier alpha value is -2.44. The van der Waals surface area contributed by atoms with Gasteiger partial charge in [-0.15, -0.1) is 0 Å². The zero-order valence-electron chi connectivity index (χ0n) is 13.5. The van der Waals surface area contributed by atoms with Crippen LogP contribution in [-0.2, 0) is 20.8 Å². The number of halogens is 1. The van der Waals surface area contributed by atoms with Crippen LogP contribution in [0, 0.1) is 6.92 Å². The van der Waals surface area contributed by atoms with E-state index in [1.54, 1.807) is 0 Å². The van der Waals surface area contributed by atoms with E-state index < -0.39 is 24.1 Å². The number of carboxylic acid groups (broad SMARTS) is 1. The van der Waals surface area contributed by atoms with Crippen LogP contribution >= 0.6 is 0 Å². The van der Waals surface area contributed by atoms with Crippen LogP contribution in [0.4, 0.5) is 4.39 Å². The first-order valence-corrected chi connectivity index (χ1v) is 7.82. The number of nitrogens with zero attached hydrogens (tertiary/aromatic N) is 1. The molecular formula is C17H21FN2O4. The van der Waals surface area contributed by atoms with Crippen molar-refractivity contribution in [3.05, 3.63) is 35.4 Å². The van der Waals surface area contributed by atoms with Crippen molar-refractivity contribution in [2.75, 3.05) is 19.6 Å². The van der Waals surface area contributed by atoms with Crippen molar-refractivity contribution in [2.45, 2.75) is 31.9 Å². The Labute approximate surface area is 139 Å². The van der Waals surface area contributed by atoms with Crippen LogP contribution in [0.25, 0.3) is 0 Å². The molecule has 1 fully saturated rings. The number of rotatable bonds is 6. The summed E-state index contributed by atoms with van der Waals surface area (Å²) in [5, 5.41) is 11.3. The van der Waals surface area contributed by atoms with Crippen LogP contribution in [0.15, 0.2) is 24.3 Å². The summed E-state index contributed by atoms with van der Waals surface area (Å²) in [7, 11) is 0. The highest BCUT2D eigenvalue weighted by molar-refractivity contribution is 5.86. The lowest BCUT2D eigenvalue weighted by atomic mass is 10.1. The van der Waals surface area contributed by atoms with Gasteiger partial charge in [0.25, 0.3) is 0 Å². The summed E-state index contributed by atoms with van der Waals surface area (Å²) >= 11 is 0. The minimum absolute atomic E-state index is 0.0425. The summed E-state index contributed by atoms with van der Waals surface area (Å²) in [6.45, 7) is 1.31. The normalized spacial score (nSPS) is 20.0. The molecule has 24 heavy (non-hydrogen) atoms. The number of carbonyl (C=O) groups is 3. The summed E-state index contributed by atoms with van der Waals surface area (Å²) in [6, 6.07) is 7.83. The van der Waals surface area contributed by atoms with Gasteiger partial charge in [0.15, 0.2) is 0 Å². The second-order valence-electron chi connectivity index (χ2n) is 6.10. The summed E-state index contributed by atoms with van der Waals surface area (Å²) in [5.41, 5.74) is -0.208. The lowest BCUT2D eigenvalue weighted by Crippen LogP contribution is -2.42. The number of nitrogens with one attached hydrogen (secondary N) is 1. The molecule has 130 valence electrons. The molecule has 0 radical (unpaired) electrons. The average Bonchev–Trinajstić information content (AvgIpc) is 2.96. The van der Waals surface area contributed by atoms with Crippen molar-refractivity contribution in [3.8, 4) is 0 Å². The molecule has 1 unspecified atom stereocenters. The molecule has 1 heterocycles. The van der Waals surface area contributed by atoms with E-state index in [-0.39, 0.29) is 31.8 Å². The first-order valence-electron chi connectivity index (χ1n) is 7.82. The minimum Gasteiger partial charge on any atom is -0.479 e. The molecule has 7 heteroatoms. The molecule has 2 rings (SSSR count). The number of carboxylic acids is 1. The molecular weight excluding hydrogens is 315 g/mol. The molecule has 1 aliphatic rings. The van der Waals surface area contributed by atoms with Gasteiger partial charge in [0, 0.05) is 19.4 Å². The van der Waals surface area contributed by atoms with Gasteiger partial charge in [-0.3, -0.25) is 9.59 Å². The summed E-state index contributed by atoms with van der Waals surface area (Å²) in [5.74, 6) is -2.30. The van der Waals surface area contributed by atoms with Crippen LogP contribution in [-0.4, -0.2) is 53.1 Å². The standard InChI is InChI=1S/C17H21FN2O4/c1-12-2-4-13(5-3-12)6-7-14(21)19-10-15(22)20-9-8-17(18,11-20)16(23)24/h2-5H,6-11H2,1H3,(H,19,21)(H,23,24). The number of hydrogen-bond donors (Lipinski definition) is 2. The molecule has 2 amide bonds. The molecule has 0 spiro atoms. The highest BCUT2D eigenvalue weighted by Crippen LogP contribution is 2.25. The number of hydrogen-bond acceptors (Lipinski definition) is 3. The third-order valence-corrected chi connectivity index (χ3v) is 4.15. The summed E-state index contributed by atoms with van der Waals surface area (Å²) in [6.07, 6.45) is 0.588. The van der Waals surface area contributed by atoms with E-state index in [9.17, 15) is 18.8 Å². The number of amides is 2. The summed E-state index contributed by atoms with van der Waals surface area (Å²) < 4.78 is 13.9. The van der Waals surface area contributed by atoms with E-state index >= 15 is 0 Å². The van der Waals surface area contributed by atoms with E-state index in [1.165, 1.54) is 0 Å². The predicted molar refractivity (Wildman–Crippen MR) is 85.2 cm³/mol. The van der Waals surface area contributed by atoms with Gasteiger partial charge in [0.1, 0.15) is 0 Å². The Morgan fingerprint density at radius 3 is 2.54 bits per heavy atom. The van der Waals surface area contributed by atoms with Crippen molar-refractivity contribution in [2.24, 2.45) is 0 Å². The van der Waals surface area contributed by atoms with E-state index in [2.05, 4.69) is 5.32 Å². The van der Waals surface area contributed by atoms with Crippen LogP contribution in [0.1, 0.15) is 24.0 Å². The number of carbonyl (C=O) groups excluding carboxylic acids is 2. The molecule has 1 saturated heterocycles. The van der Waals surface area contributed by atoms with E-state index in [0.717, 1.165) is 16.0 Å². The monoisotopic (exact) mass is 336 g/mol. The van der Waals surface area contributed by atoms with E-state index in [0.29, 0.717) is 6.42 Å². The van der Waals surface area contributed by atoms with Crippen LogP contribution in [0.5, 0.6) is 0 Å². The molecule has 1 aromatic rings. The number of aryl methyl sites for hydroxylation is 2. The Morgan fingerprint density at radius 1 is 1.29 bits per heavy atom. The summed E-state index contributed by atoms with van der Waals surface area (Å²) in [4.78, 5) is 35.7. The fourth-order valence-corrected chi connectivity index (χ4v) is 2.55. The van der Waals surface area contributed by atoms with Crippen LogP contribution < -0.4 is 5.32 Å². The zero-order chi connectivity index (χ0) is 17.7. The second kappa shape index (κ2) is 7.42. The fraction of sp³-hybridized carbons (Fsp3) is 0.471. The predicted octanol–water partition coefficient (Wildman–Crippen LogP) is 1.07. The van der Waals surface area contributed by atoms with Crippen molar-refractivity contribution in [3.63, 3.8) is 0 Å². The molecule has 0 aliphatic carbocycles. The van der Waals surface area contributed by atoms with Crippen molar-refractivity contribution in [1.82, 2.24) is 10.2 Å². The third-order valence-electron chi connectivity index (χ3n) is 4.15. The quantitative estimate of drug-likeness (QED) is 0.813. The maximum atomic E-state index is 13.9. The Bertz CT molecular complexity index is 632. The number of likely N-dealkylation sites (tertiary alicyclic amines) is 1. The molecule has 1 aliphatic heterocycles. The molecule has 1 atom stereocenters. The molecule has 1 aromatic carbocycles. The van der Waals surface area contributed by atoms with Gasteiger partial charge in [0.05, 0.1) is 13.1 Å². The van der Waals surface area contributed by atoms with E-state index in [1.807, 2.05) is 31.2 Å². The van der Waals surface area contributed by atoms with Crippen LogP contribution in [0.2, 0.25) is 0 Å². The lowest BCUT2D eigenvalue weighted by molar-refractivity contribution is -0.150. The Kier molecular flexibility index (Phi) is 5.54. The second-order valence-corrected chi connectivity index (χ2v) is 6.10. The Balaban J connectivity index is 1.73. The highest BCUT2D eigenvalue weighted by atomic mass is 19.1. The topological polar surface area (TPSA) is 86.7 Å². The van der Waals surface area contributed by atoms with Gasteiger partial charge < -0.3 is 15.3 Å². The van der Waals surface area contributed by atoms with Gasteiger partial charge in [-0.2, -0.15) is 0 Å². The molecule has 0 aromatic heterocycles. The number of alkyl halides is 1. The van der Waals surface area contributed by atoms with Gasteiger partial charge in [-0.1, -0.05) is 29.8 Å².